The van der Waals surface area contributed by atoms with Gasteiger partial charge >= 0.3 is 11.9 Å². The topological polar surface area (TPSA) is 74.6 Å². The molecule has 0 heterocycles. The number of aromatic carboxylic acids is 2. The Bertz CT molecular complexity index is 957. The molecule has 0 aliphatic rings. The van der Waals surface area contributed by atoms with Gasteiger partial charge in [-0.05, 0) is 48.2 Å². The van der Waals surface area contributed by atoms with E-state index in [-0.39, 0.29) is 11.1 Å². The quantitative estimate of drug-likeness (QED) is 0.451. The standard InChI is InChI=1S/C26H26O4/c1-3-5-7-9-11-21-17-19(13-15-23(21)25(27)28)20-14-16-24(26(29)30)22(18-20)12-10-8-6-4-2/h13-18H,3-8H2,1-2H3,(H,27,28)(H,29,30). The zero-order valence-electron chi connectivity index (χ0n) is 17.4. The summed E-state index contributed by atoms with van der Waals surface area (Å²) in [6.45, 7) is 4.16. The lowest BCUT2D eigenvalue weighted by Crippen LogP contribution is -2.02. The normalized spacial score (nSPS) is 9.80. The zero-order valence-corrected chi connectivity index (χ0v) is 17.4. The molecule has 0 spiro atoms. The monoisotopic (exact) mass is 402 g/mol. The molecule has 2 aromatic rings. The first-order valence-electron chi connectivity index (χ1n) is 10.2. The minimum Gasteiger partial charge on any atom is -0.478 e. The van der Waals surface area contributed by atoms with Gasteiger partial charge in [-0.15, -0.1) is 0 Å². The highest BCUT2D eigenvalue weighted by Crippen LogP contribution is 2.25. The Kier molecular flexibility index (Phi) is 8.73. The summed E-state index contributed by atoms with van der Waals surface area (Å²) in [5.41, 5.74) is 2.76. The van der Waals surface area contributed by atoms with Crippen molar-refractivity contribution in [2.45, 2.75) is 52.4 Å². The summed E-state index contributed by atoms with van der Waals surface area (Å²) < 4.78 is 0. The van der Waals surface area contributed by atoms with Crippen molar-refractivity contribution in [1.29, 1.82) is 0 Å². The van der Waals surface area contributed by atoms with Crippen LogP contribution in [-0.4, -0.2) is 22.2 Å². The molecule has 154 valence electrons. The van der Waals surface area contributed by atoms with E-state index in [1.165, 1.54) is 0 Å². The summed E-state index contributed by atoms with van der Waals surface area (Å²) in [7, 11) is 0. The lowest BCUT2D eigenvalue weighted by atomic mass is 9.96. The van der Waals surface area contributed by atoms with Gasteiger partial charge in [0.25, 0.3) is 0 Å². The molecule has 0 saturated heterocycles. The molecule has 2 aromatic carbocycles. The number of benzene rings is 2. The van der Waals surface area contributed by atoms with Crippen molar-refractivity contribution in [2.24, 2.45) is 0 Å². The van der Waals surface area contributed by atoms with E-state index in [0.717, 1.165) is 36.8 Å². The van der Waals surface area contributed by atoms with Gasteiger partial charge in [-0.3, -0.25) is 0 Å². The first-order valence-corrected chi connectivity index (χ1v) is 10.2. The Morgan fingerprint density at radius 1 is 0.733 bits per heavy atom. The molecular formula is C26H26O4. The molecule has 0 amide bonds. The fraction of sp³-hybridized carbons (Fsp3) is 0.308. The minimum atomic E-state index is -1.02. The summed E-state index contributed by atoms with van der Waals surface area (Å²) in [6, 6.07) is 9.99. The summed E-state index contributed by atoms with van der Waals surface area (Å²) in [4.78, 5) is 23.1. The van der Waals surface area contributed by atoms with Crippen molar-refractivity contribution in [3.05, 3.63) is 58.7 Å². The predicted molar refractivity (Wildman–Crippen MR) is 119 cm³/mol. The number of hydrogen-bond acceptors (Lipinski definition) is 2. The second-order valence-corrected chi connectivity index (χ2v) is 6.94. The van der Waals surface area contributed by atoms with E-state index in [2.05, 4.69) is 37.5 Å². The zero-order chi connectivity index (χ0) is 21.9. The molecular weight excluding hydrogens is 376 g/mol. The van der Waals surface area contributed by atoms with Crippen molar-refractivity contribution in [1.82, 2.24) is 0 Å². The van der Waals surface area contributed by atoms with Crippen LogP contribution in [0.15, 0.2) is 36.4 Å². The predicted octanol–water partition coefficient (Wildman–Crippen LogP) is 5.83. The molecule has 4 heteroatoms. The summed E-state index contributed by atoms with van der Waals surface area (Å²) in [6.07, 6.45) is 5.41. The van der Waals surface area contributed by atoms with E-state index in [0.29, 0.717) is 24.0 Å². The van der Waals surface area contributed by atoms with E-state index in [4.69, 9.17) is 0 Å². The minimum absolute atomic E-state index is 0.157. The van der Waals surface area contributed by atoms with Crippen LogP contribution in [0.5, 0.6) is 0 Å². The number of carboxylic acid groups (broad SMARTS) is 2. The third-order valence-electron chi connectivity index (χ3n) is 4.59. The van der Waals surface area contributed by atoms with Gasteiger partial charge in [0.1, 0.15) is 0 Å². The highest BCUT2D eigenvalue weighted by Gasteiger charge is 2.13. The van der Waals surface area contributed by atoms with Crippen molar-refractivity contribution < 1.29 is 19.8 Å². The Morgan fingerprint density at radius 3 is 1.47 bits per heavy atom. The third kappa shape index (κ3) is 6.26. The molecule has 30 heavy (non-hydrogen) atoms. The highest BCUT2D eigenvalue weighted by atomic mass is 16.4. The largest absolute Gasteiger partial charge is 0.478 e. The van der Waals surface area contributed by atoms with Crippen molar-refractivity contribution in [3.63, 3.8) is 0 Å². The summed E-state index contributed by atoms with van der Waals surface area (Å²) >= 11 is 0. The van der Waals surface area contributed by atoms with Crippen molar-refractivity contribution in [3.8, 4) is 34.8 Å². The van der Waals surface area contributed by atoms with Crippen molar-refractivity contribution in [2.75, 3.05) is 0 Å². The number of unbranched alkanes of at least 4 members (excludes halogenated alkanes) is 4. The average Bonchev–Trinajstić information content (AvgIpc) is 2.73. The lowest BCUT2D eigenvalue weighted by molar-refractivity contribution is 0.0685. The maximum Gasteiger partial charge on any atom is 0.336 e. The van der Waals surface area contributed by atoms with E-state index >= 15 is 0 Å². The first-order chi connectivity index (χ1) is 14.5. The van der Waals surface area contributed by atoms with Crippen LogP contribution in [-0.2, 0) is 0 Å². The molecule has 4 nitrogen and oxygen atoms in total. The van der Waals surface area contributed by atoms with Gasteiger partial charge in [0.15, 0.2) is 0 Å². The smallest absolute Gasteiger partial charge is 0.336 e. The first kappa shape index (κ1) is 22.8. The molecule has 0 aliphatic heterocycles. The summed E-state index contributed by atoms with van der Waals surface area (Å²) in [5.74, 6) is 9.99. The third-order valence-corrected chi connectivity index (χ3v) is 4.59. The molecule has 0 unspecified atom stereocenters. The second kappa shape index (κ2) is 11.5. The highest BCUT2D eigenvalue weighted by molar-refractivity contribution is 5.93. The van der Waals surface area contributed by atoms with Crippen LogP contribution < -0.4 is 0 Å². The van der Waals surface area contributed by atoms with E-state index in [9.17, 15) is 19.8 Å². The lowest BCUT2D eigenvalue weighted by Gasteiger charge is -2.08. The molecule has 0 fully saturated rings. The fourth-order valence-corrected chi connectivity index (χ4v) is 2.87. The van der Waals surface area contributed by atoms with Crippen LogP contribution >= 0.6 is 0 Å². The fourth-order valence-electron chi connectivity index (χ4n) is 2.87. The van der Waals surface area contributed by atoms with Gasteiger partial charge in [0.05, 0.1) is 11.1 Å². The van der Waals surface area contributed by atoms with Gasteiger partial charge in [-0.1, -0.05) is 62.5 Å². The van der Waals surface area contributed by atoms with Crippen LogP contribution in [0.25, 0.3) is 11.1 Å². The van der Waals surface area contributed by atoms with Gasteiger partial charge < -0.3 is 10.2 Å². The summed E-state index contributed by atoms with van der Waals surface area (Å²) in [5, 5.41) is 18.9. The second-order valence-electron chi connectivity index (χ2n) is 6.94. The maximum absolute atomic E-state index is 11.6. The van der Waals surface area contributed by atoms with Crippen LogP contribution in [0.3, 0.4) is 0 Å². The van der Waals surface area contributed by atoms with Crippen LogP contribution in [0.4, 0.5) is 0 Å². The number of rotatable bonds is 7. The van der Waals surface area contributed by atoms with Crippen LogP contribution in [0, 0.1) is 23.7 Å². The Hall–Kier alpha value is -3.50. The van der Waals surface area contributed by atoms with Gasteiger partial charge in [0, 0.05) is 24.0 Å². The van der Waals surface area contributed by atoms with Gasteiger partial charge in [-0.25, -0.2) is 9.59 Å². The van der Waals surface area contributed by atoms with E-state index in [1.54, 1.807) is 36.4 Å². The number of carboxylic acids is 2. The molecule has 0 saturated carbocycles. The van der Waals surface area contributed by atoms with Crippen LogP contribution in [0.1, 0.15) is 84.2 Å². The Labute approximate surface area is 178 Å². The van der Waals surface area contributed by atoms with Gasteiger partial charge in [0.2, 0.25) is 0 Å². The number of hydrogen-bond donors (Lipinski definition) is 2. The van der Waals surface area contributed by atoms with Gasteiger partial charge in [-0.2, -0.15) is 0 Å². The molecule has 0 aliphatic carbocycles. The average molecular weight is 402 g/mol. The Balaban J connectivity index is 2.48. The number of carbonyl (C=O) groups is 2. The molecule has 2 N–H and O–H groups in total. The molecule has 0 radical (unpaired) electrons. The molecule has 2 rings (SSSR count). The maximum atomic E-state index is 11.6. The van der Waals surface area contributed by atoms with E-state index in [1.807, 2.05) is 0 Å². The molecule has 0 atom stereocenters. The SMILES string of the molecule is CCCCC#Cc1cc(-c2ccc(C(=O)O)c(C#CCCCC)c2)ccc1C(=O)O. The van der Waals surface area contributed by atoms with Crippen molar-refractivity contribution >= 4 is 11.9 Å². The van der Waals surface area contributed by atoms with Crippen LogP contribution in [0.2, 0.25) is 0 Å². The Morgan fingerprint density at radius 2 is 1.13 bits per heavy atom. The van der Waals surface area contributed by atoms with E-state index < -0.39 is 11.9 Å². The molecule has 0 bridgehead atoms. The molecule has 0 aromatic heterocycles.